The third kappa shape index (κ3) is 9.68. The lowest BCUT2D eigenvalue weighted by atomic mass is 9.88. The van der Waals surface area contributed by atoms with Crippen LogP contribution >= 0.6 is 12.1 Å². The Morgan fingerprint density at radius 1 is 0.789 bits per heavy atom. The first-order valence-electron chi connectivity index (χ1n) is 17.0. The molecule has 0 aliphatic heterocycles. The van der Waals surface area contributed by atoms with Gasteiger partial charge in [0, 0.05) is 47.8 Å². The Kier molecular flexibility index (Phi) is 12.4. The predicted molar refractivity (Wildman–Crippen MR) is 200 cm³/mol. The van der Waals surface area contributed by atoms with Gasteiger partial charge in [-0.25, -0.2) is 35.9 Å². The van der Waals surface area contributed by atoms with E-state index in [-0.39, 0.29) is 40.1 Å². The van der Waals surface area contributed by atoms with Gasteiger partial charge in [0.05, 0.1) is 35.0 Å². The number of allylic oxidation sites excluding steroid dienone is 3. The van der Waals surface area contributed by atoms with Gasteiger partial charge in [-0.15, -0.1) is 0 Å². The Bertz CT molecular complexity index is 2380. The third-order valence-electron chi connectivity index (χ3n) is 8.83. The summed E-state index contributed by atoms with van der Waals surface area (Å²) in [7, 11) is 0. The maximum absolute atomic E-state index is 14.6. The van der Waals surface area contributed by atoms with Gasteiger partial charge >= 0.3 is 6.03 Å². The van der Waals surface area contributed by atoms with E-state index < -0.39 is 76.7 Å². The summed E-state index contributed by atoms with van der Waals surface area (Å²) in [6.45, 7) is 0. The number of hydrogen-bond acceptors (Lipinski definition) is 7. The molecule has 57 heavy (non-hydrogen) atoms. The molecule has 7 N–H and O–H groups in total. The topological polar surface area (TPSA) is 165 Å². The summed E-state index contributed by atoms with van der Waals surface area (Å²) in [6.07, 6.45) is 5.03. The minimum Gasteiger partial charge on any atom is -0.369 e. The zero-order valence-electron chi connectivity index (χ0n) is 29.4. The molecule has 0 spiro atoms. The van der Waals surface area contributed by atoms with Crippen molar-refractivity contribution in [2.24, 2.45) is 17.4 Å². The van der Waals surface area contributed by atoms with Crippen LogP contribution in [0.3, 0.4) is 0 Å². The van der Waals surface area contributed by atoms with Crippen molar-refractivity contribution in [2.45, 2.75) is 24.7 Å². The van der Waals surface area contributed by atoms with Crippen LogP contribution in [-0.4, -0.2) is 34.0 Å². The molecule has 17 heteroatoms. The van der Waals surface area contributed by atoms with Gasteiger partial charge in [0.2, 0.25) is 5.91 Å². The van der Waals surface area contributed by atoms with E-state index in [1.165, 1.54) is 48.8 Å². The molecule has 0 bridgehead atoms. The van der Waals surface area contributed by atoms with Gasteiger partial charge < -0.3 is 16.8 Å². The lowest BCUT2D eigenvalue weighted by Crippen LogP contribution is -2.37. The molecule has 0 saturated heterocycles. The van der Waals surface area contributed by atoms with E-state index in [4.69, 9.17) is 11.5 Å². The van der Waals surface area contributed by atoms with Crippen LogP contribution in [0.5, 0.6) is 0 Å². The van der Waals surface area contributed by atoms with Gasteiger partial charge in [0.25, 0.3) is 5.91 Å². The minimum atomic E-state index is -1.66. The second-order valence-corrected chi connectivity index (χ2v) is 13.4. The quantitative estimate of drug-likeness (QED) is 0.0642. The van der Waals surface area contributed by atoms with Crippen molar-refractivity contribution in [1.29, 1.82) is 0 Å². The molecular formula is C40H31F6N7O3S. The van der Waals surface area contributed by atoms with E-state index in [0.29, 0.717) is 35.4 Å². The predicted octanol–water partition coefficient (Wildman–Crippen LogP) is 6.86. The molecule has 0 saturated carbocycles. The zero-order chi connectivity index (χ0) is 40.8. The normalized spacial score (nSPS) is 16.0. The Morgan fingerprint density at radius 2 is 1.42 bits per heavy atom. The molecule has 5 aromatic rings. The van der Waals surface area contributed by atoms with Crippen LogP contribution in [0.2, 0.25) is 0 Å². The number of urea groups is 1. The molecule has 3 unspecified atom stereocenters. The van der Waals surface area contributed by atoms with Crippen LogP contribution in [0.4, 0.5) is 31.1 Å². The number of halogens is 6. The number of hydrogen-bond donors (Lipinski definition) is 5. The molecule has 1 aliphatic rings. The fraction of sp³-hybridized carbons (Fsp3) is 0.125. The fourth-order valence-electron chi connectivity index (χ4n) is 6.30. The summed E-state index contributed by atoms with van der Waals surface area (Å²) in [4.78, 5) is 46.4. The largest absolute Gasteiger partial charge is 0.369 e. The molecule has 1 aliphatic carbocycles. The molecule has 6 rings (SSSR count). The average molecular weight is 804 g/mol. The van der Waals surface area contributed by atoms with Crippen molar-refractivity contribution in [3.05, 3.63) is 172 Å². The monoisotopic (exact) mass is 803 g/mol. The summed E-state index contributed by atoms with van der Waals surface area (Å²) in [5.74, 6) is -7.68. The number of pyridine rings is 2. The molecule has 292 valence electrons. The van der Waals surface area contributed by atoms with Gasteiger partial charge in [-0.05, 0) is 83.3 Å². The number of rotatable bonds is 13. The van der Waals surface area contributed by atoms with Gasteiger partial charge in [-0.2, -0.15) is 0 Å². The zero-order valence-corrected chi connectivity index (χ0v) is 30.2. The molecule has 4 atom stereocenters. The molecule has 2 aromatic heterocycles. The molecule has 0 radical (unpaired) electrons. The van der Waals surface area contributed by atoms with E-state index in [1.54, 1.807) is 18.2 Å². The smallest absolute Gasteiger partial charge is 0.326 e. The van der Waals surface area contributed by atoms with Gasteiger partial charge in [0.15, 0.2) is 0 Å². The maximum atomic E-state index is 14.6. The van der Waals surface area contributed by atoms with E-state index in [2.05, 4.69) is 24.7 Å². The van der Waals surface area contributed by atoms with Crippen molar-refractivity contribution >= 4 is 35.6 Å². The lowest BCUT2D eigenvalue weighted by Gasteiger charge is -2.24. The Balaban J connectivity index is 1.30. The summed E-state index contributed by atoms with van der Waals surface area (Å²) in [5.41, 5.74) is 12.2. The first-order valence-corrected chi connectivity index (χ1v) is 17.8. The number of nitrogens with zero attached hydrogens (tertiary/aromatic N) is 2. The van der Waals surface area contributed by atoms with Crippen molar-refractivity contribution in [3.8, 4) is 11.1 Å². The van der Waals surface area contributed by atoms with Gasteiger partial charge in [-0.3, -0.25) is 24.3 Å². The molecule has 0 fully saturated rings. The Labute approximate surface area is 325 Å². The number of nitrogens with one attached hydrogen (secondary N) is 3. The SMILES string of the molecule is NC(=O)c1cc(-c2cccnc2C(NC(=O)NSN[C@@H](Cc2cc(F)cc(F)c2)c2ncccc2C2=CC(C(N)=O)C(F)C=C2)c2cc(F)cc(F)c2)ccc1F. The number of carbonyl (C=O) groups excluding carboxylic acids is 3. The molecule has 3 aromatic carbocycles. The first-order chi connectivity index (χ1) is 27.3. The molecule has 10 nitrogen and oxygen atoms in total. The van der Waals surface area contributed by atoms with Crippen LogP contribution < -0.4 is 26.2 Å². The van der Waals surface area contributed by atoms with E-state index in [0.717, 1.165) is 30.3 Å². The maximum Gasteiger partial charge on any atom is 0.326 e. The van der Waals surface area contributed by atoms with Gasteiger partial charge in [-0.1, -0.05) is 30.4 Å². The molecule has 4 amide bonds. The number of aromatic nitrogens is 2. The highest BCUT2D eigenvalue weighted by Crippen LogP contribution is 2.34. The molecular weight excluding hydrogens is 773 g/mol. The van der Waals surface area contributed by atoms with Crippen molar-refractivity contribution < 1.29 is 40.7 Å². The first kappa shape index (κ1) is 40.2. The highest BCUT2D eigenvalue weighted by atomic mass is 32.2. The van der Waals surface area contributed by atoms with E-state index in [1.807, 2.05) is 0 Å². The number of nitrogens with two attached hydrogens (primary N) is 2. The van der Waals surface area contributed by atoms with Crippen molar-refractivity contribution in [1.82, 2.24) is 24.7 Å². The standard InChI is InChI=1S/C40H31F6N7O3S/c41-24-11-20(12-25(42)18-24)13-34(36-28(3-1-9-49-36)21-5-7-32(45)30(16-21)38(47)54)52-57-53-40(56)51-35(23-14-26(43)19-27(44)15-23)37-29(4-2-10-50-37)22-6-8-33(46)31(17-22)39(48)55/h1-12,14-19,30,32,34-35,52H,13H2,(H2,47,54)(H2,48,55)(H2,51,53,56)/t30?,32?,34-,35?/m0/s1. The summed E-state index contributed by atoms with van der Waals surface area (Å²) in [6, 6.07) is 12.2. The Hall–Kier alpha value is -6.46. The highest BCUT2D eigenvalue weighted by Gasteiger charge is 2.29. The number of benzene rings is 3. The van der Waals surface area contributed by atoms with E-state index in [9.17, 15) is 40.7 Å². The summed E-state index contributed by atoms with van der Waals surface area (Å²) in [5, 5.41) is 2.64. The van der Waals surface area contributed by atoms with Crippen LogP contribution in [0.15, 0.2) is 109 Å². The van der Waals surface area contributed by atoms with E-state index >= 15 is 0 Å². The second-order valence-electron chi connectivity index (χ2n) is 12.8. The number of amides is 4. The summed E-state index contributed by atoms with van der Waals surface area (Å²) >= 11 is 0.626. The highest BCUT2D eigenvalue weighted by molar-refractivity contribution is 7.96. The summed E-state index contributed by atoms with van der Waals surface area (Å²) < 4.78 is 92.2. The fourth-order valence-corrected chi connectivity index (χ4v) is 6.85. The third-order valence-corrected chi connectivity index (χ3v) is 9.52. The average Bonchev–Trinajstić information content (AvgIpc) is 3.16. The number of primary amides is 2. The lowest BCUT2D eigenvalue weighted by molar-refractivity contribution is -0.121. The van der Waals surface area contributed by atoms with Crippen molar-refractivity contribution in [3.63, 3.8) is 0 Å². The number of carbonyl (C=O) groups is 3. The molecule has 2 heterocycles. The van der Waals surface area contributed by atoms with Crippen LogP contribution in [0.25, 0.3) is 16.7 Å². The second kappa shape index (κ2) is 17.6. The minimum absolute atomic E-state index is 0.0559. The van der Waals surface area contributed by atoms with Crippen LogP contribution in [-0.2, 0) is 11.2 Å². The Morgan fingerprint density at radius 3 is 2.07 bits per heavy atom. The van der Waals surface area contributed by atoms with Crippen molar-refractivity contribution in [2.75, 3.05) is 0 Å². The van der Waals surface area contributed by atoms with Crippen LogP contribution in [0, 0.1) is 35.0 Å². The number of alkyl halides is 1. The van der Waals surface area contributed by atoms with Gasteiger partial charge in [0.1, 0.15) is 35.3 Å². The van der Waals surface area contributed by atoms with Crippen LogP contribution in [0.1, 0.15) is 50.5 Å².